The van der Waals surface area contributed by atoms with Gasteiger partial charge in [-0.15, -0.1) is 0 Å². The van der Waals surface area contributed by atoms with Gasteiger partial charge in [-0.2, -0.15) is 0 Å². The lowest BCUT2D eigenvalue weighted by molar-refractivity contribution is 0.0696. The number of carboxylic acid groups (broad SMARTS) is 1. The second-order valence-corrected chi connectivity index (χ2v) is 4.90. The zero-order valence-corrected chi connectivity index (χ0v) is 9.26. The van der Waals surface area contributed by atoms with Crippen molar-refractivity contribution < 1.29 is 18.3 Å². The highest BCUT2D eigenvalue weighted by Gasteiger charge is 2.16. The molecule has 0 saturated heterocycles. The predicted molar refractivity (Wildman–Crippen MR) is 54.5 cm³/mol. The summed E-state index contributed by atoms with van der Waals surface area (Å²) < 4.78 is 22.0. The molecule has 0 aromatic heterocycles. The average Bonchev–Trinajstić information content (AvgIpc) is 2.06. The molecule has 0 aliphatic heterocycles. The van der Waals surface area contributed by atoms with Gasteiger partial charge in [-0.05, 0) is 24.6 Å². The van der Waals surface area contributed by atoms with Gasteiger partial charge in [0.1, 0.15) is 0 Å². The Labute approximate surface area is 91.5 Å². The van der Waals surface area contributed by atoms with Crippen LogP contribution in [0.5, 0.6) is 0 Å². The van der Waals surface area contributed by atoms with Crippen LogP contribution in [0.25, 0.3) is 0 Å². The molecule has 0 aliphatic rings. The van der Waals surface area contributed by atoms with Gasteiger partial charge in [0.05, 0.1) is 10.5 Å². The molecule has 0 amide bonds. The number of aromatic carboxylic acids is 1. The van der Waals surface area contributed by atoms with E-state index in [-0.39, 0.29) is 15.5 Å². The summed E-state index contributed by atoms with van der Waals surface area (Å²) in [5.41, 5.74) is 0.128. The van der Waals surface area contributed by atoms with E-state index in [1.165, 1.54) is 6.92 Å². The minimum Gasteiger partial charge on any atom is -0.478 e. The summed E-state index contributed by atoms with van der Waals surface area (Å²) in [6.07, 6.45) is 0. The summed E-state index contributed by atoms with van der Waals surface area (Å²) in [4.78, 5) is 10.4. The third-order valence-corrected chi connectivity index (χ3v) is 3.16. The number of primary sulfonamides is 1. The summed E-state index contributed by atoms with van der Waals surface area (Å²) in [6.45, 7) is 1.48. The number of hydrogen-bond donors (Lipinski definition) is 2. The van der Waals surface area contributed by atoms with Gasteiger partial charge in [0.2, 0.25) is 10.0 Å². The van der Waals surface area contributed by atoms with Gasteiger partial charge in [-0.1, -0.05) is 11.6 Å². The summed E-state index contributed by atoms with van der Waals surface area (Å²) in [6, 6.07) is 2.11. The largest absolute Gasteiger partial charge is 0.478 e. The van der Waals surface area contributed by atoms with Crippen LogP contribution < -0.4 is 5.14 Å². The Morgan fingerprint density at radius 1 is 1.47 bits per heavy atom. The number of halogens is 1. The van der Waals surface area contributed by atoms with Crippen LogP contribution in [0.4, 0.5) is 0 Å². The zero-order chi connectivity index (χ0) is 11.8. The molecular weight excluding hydrogens is 242 g/mol. The fourth-order valence-electron chi connectivity index (χ4n) is 1.04. The van der Waals surface area contributed by atoms with Gasteiger partial charge in [0.25, 0.3) is 0 Å². The van der Waals surface area contributed by atoms with Crippen LogP contribution in [0.2, 0.25) is 5.02 Å². The van der Waals surface area contributed by atoms with Gasteiger partial charge in [0.15, 0.2) is 0 Å². The van der Waals surface area contributed by atoms with Crippen molar-refractivity contribution in [2.45, 2.75) is 11.8 Å². The van der Waals surface area contributed by atoms with Crippen molar-refractivity contribution in [2.24, 2.45) is 5.14 Å². The van der Waals surface area contributed by atoms with Gasteiger partial charge >= 0.3 is 5.97 Å². The molecule has 0 spiro atoms. The summed E-state index contributed by atoms with van der Waals surface area (Å²) >= 11 is 5.69. The Morgan fingerprint density at radius 2 is 2.00 bits per heavy atom. The molecule has 0 heterocycles. The number of carbonyl (C=O) groups is 1. The number of benzene rings is 1. The van der Waals surface area contributed by atoms with Crippen LogP contribution in [-0.4, -0.2) is 19.5 Å². The van der Waals surface area contributed by atoms with E-state index in [0.29, 0.717) is 5.56 Å². The highest BCUT2D eigenvalue weighted by atomic mass is 35.5. The Hall–Kier alpha value is -1.11. The molecule has 7 heteroatoms. The standard InChI is InChI=1S/C8H8ClNO4S/c1-4-6(8(11)12)2-5(3-7(4)9)15(10,13)14/h2-3H,1H3,(H,11,12)(H2,10,13,14). The number of hydrogen-bond acceptors (Lipinski definition) is 3. The lowest BCUT2D eigenvalue weighted by atomic mass is 10.1. The number of nitrogens with two attached hydrogens (primary N) is 1. The molecule has 0 aliphatic carbocycles. The van der Waals surface area contributed by atoms with Crippen LogP contribution in [0.1, 0.15) is 15.9 Å². The molecule has 0 bridgehead atoms. The van der Waals surface area contributed by atoms with Crippen LogP contribution in [0.3, 0.4) is 0 Å². The molecule has 3 N–H and O–H groups in total. The molecule has 0 saturated carbocycles. The highest BCUT2D eigenvalue weighted by Crippen LogP contribution is 2.23. The fourth-order valence-corrected chi connectivity index (χ4v) is 1.89. The number of rotatable bonds is 2. The molecule has 1 aromatic carbocycles. The van der Waals surface area contributed by atoms with Gasteiger partial charge in [-0.25, -0.2) is 18.4 Å². The Bertz CT molecular complexity index is 524. The third-order valence-electron chi connectivity index (χ3n) is 1.88. The zero-order valence-electron chi connectivity index (χ0n) is 7.69. The van der Waals surface area contributed by atoms with E-state index in [0.717, 1.165) is 12.1 Å². The van der Waals surface area contributed by atoms with E-state index in [4.69, 9.17) is 21.8 Å². The molecule has 15 heavy (non-hydrogen) atoms. The molecule has 0 radical (unpaired) electrons. The van der Waals surface area contributed by atoms with E-state index < -0.39 is 16.0 Å². The van der Waals surface area contributed by atoms with Crippen LogP contribution in [0, 0.1) is 6.92 Å². The van der Waals surface area contributed by atoms with E-state index in [2.05, 4.69) is 0 Å². The van der Waals surface area contributed by atoms with E-state index in [1.807, 2.05) is 0 Å². The number of sulfonamides is 1. The topological polar surface area (TPSA) is 97.5 Å². The minimum absolute atomic E-state index is 0.0546. The summed E-state index contributed by atoms with van der Waals surface area (Å²) in [5.74, 6) is -1.25. The number of carboxylic acids is 1. The van der Waals surface area contributed by atoms with Gasteiger partial charge in [-0.3, -0.25) is 0 Å². The molecule has 1 rings (SSSR count). The van der Waals surface area contributed by atoms with Crippen molar-refractivity contribution in [3.8, 4) is 0 Å². The SMILES string of the molecule is Cc1c(Cl)cc(S(N)(=O)=O)cc1C(=O)O. The minimum atomic E-state index is -3.95. The van der Waals surface area contributed by atoms with Crippen LogP contribution in [0.15, 0.2) is 17.0 Å². The third kappa shape index (κ3) is 2.47. The van der Waals surface area contributed by atoms with E-state index >= 15 is 0 Å². The lowest BCUT2D eigenvalue weighted by Gasteiger charge is -2.06. The first kappa shape index (κ1) is 12.0. The average molecular weight is 250 g/mol. The summed E-state index contributed by atoms with van der Waals surface area (Å²) in [5, 5.41) is 13.7. The first-order valence-electron chi connectivity index (χ1n) is 3.79. The quantitative estimate of drug-likeness (QED) is 0.817. The molecule has 0 unspecified atom stereocenters. The Balaban J connectivity index is 3.57. The lowest BCUT2D eigenvalue weighted by Crippen LogP contribution is -2.14. The van der Waals surface area contributed by atoms with E-state index in [1.54, 1.807) is 0 Å². The fraction of sp³-hybridized carbons (Fsp3) is 0.125. The first-order valence-corrected chi connectivity index (χ1v) is 5.72. The maximum atomic E-state index is 11.0. The maximum absolute atomic E-state index is 11.0. The molecule has 82 valence electrons. The van der Waals surface area contributed by atoms with Crippen molar-refractivity contribution in [3.63, 3.8) is 0 Å². The Morgan fingerprint density at radius 3 is 2.40 bits per heavy atom. The smallest absolute Gasteiger partial charge is 0.336 e. The maximum Gasteiger partial charge on any atom is 0.336 e. The second-order valence-electron chi connectivity index (χ2n) is 2.93. The Kier molecular flexibility index (Phi) is 3.03. The monoisotopic (exact) mass is 249 g/mol. The van der Waals surface area contributed by atoms with Crippen LogP contribution >= 0.6 is 11.6 Å². The van der Waals surface area contributed by atoms with Crippen molar-refractivity contribution in [1.82, 2.24) is 0 Å². The van der Waals surface area contributed by atoms with Gasteiger partial charge in [0, 0.05) is 5.02 Å². The van der Waals surface area contributed by atoms with Crippen molar-refractivity contribution >= 4 is 27.6 Å². The van der Waals surface area contributed by atoms with E-state index in [9.17, 15) is 13.2 Å². The second kappa shape index (κ2) is 3.80. The first-order chi connectivity index (χ1) is 6.73. The van der Waals surface area contributed by atoms with Crippen molar-refractivity contribution in [3.05, 3.63) is 28.3 Å². The summed E-state index contributed by atoms with van der Waals surface area (Å²) in [7, 11) is -3.95. The molecule has 0 fully saturated rings. The van der Waals surface area contributed by atoms with Crippen molar-refractivity contribution in [2.75, 3.05) is 0 Å². The van der Waals surface area contributed by atoms with Crippen molar-refractivity contribution in [1.29, 1.82) is 0 Å². The molecular formula is C8H8ClNO4S. The molecule has 1 aromatic rings. The molecule has 5 nitrogen and oxygen atoms in total. The molecule has 0 atom stereocenters. The van der Waals surface area contributed by atoms with Crippen LogP contribution in [-0.2, 0) is 10.0 Å². The normalized spacial score (nSPS) is 11.4. The van der Waals surface area contributed by atoms with Gasteiger partial charge < -0.3 is 5.11 Å². The highest BCUT2D eigenvalue weighted by molar-refractivity contribution is 7.89. The predicted octanol–water partition coefficient (Wildman–Crippen LogP) is 0.994.